The third kappa shape index (κ3) is 10.4. The second-order valence-corrected chi connectivity index (χ2v) is 12.0. The van der Waals surface area contributed by atoms with Gasteiger partial charge in [-0.3, -0.25) is 0 Å². The van der Waals surface area contributed by atoms with Gasteiger partial charge in [-0.05, 0) is 46.1 Å². The molecular weight excluding hydrogens is 344 g/mol. The van der Waals surface area contributed by atoms with Gasteiger partial charge < -0.3 is 0 Å². The van der Waals surface area contributed by atoms with E-state index in [1.165, 1.54) is 10.5 Å². The lowest BCUT2D eigenvalue weighted by molar-refractivity contribution is 0.544. The zero-order chi connectivity index (χ0) is 20.7. The van der Waals surface area contributed by atoms with Gasteiger partial charge in [-0.15, -0.1) is 0 Å². The molecule has 0 aliphatic carbocycles. The first kappa shape index (κ1) is 23.6. The Kier molecular flexibility index (Phi) is 8.42. The van der Waals surface area contributed by atoms with Crippen LogP contribution in [0.25, 0.3) is 0 Å². The number of hydrogen-bond acceptors (Lipinski definition) is 0. The van der Waals surface area contributed by atoms with Gasteiger partial charge in [0.15, 0.2) is 4.90 Å². The molecule has 0 aliphatic rings. The lowest BCUT2D eigenvalue weighted by Crippen LogP contribution is -2.10. The molecule has 0 amide bonds. The summed E-state index contributed by atoms with van der Waals surface area (Å²) in [5.41, 5.74) is 1.99. The first-order chi connectivity index (χ1) is 12.3. The predicted octanol–water partition coefficient (Wildman–Crippen LogP) is 8.19. The summed E-state index contributed by atoms with van der Waals surface area (Å²) in [4.78, 5) is 1.35. The van der Waals surface area contributed by atoms with Crippen LogP contribution >= 0.6 is 0 Å². The highest BCUT2D eigenvalue weighted by Gasteiger charge is 2.18. The molecule has 1 aromatic rings. The minimum absolute atomic E-state index is 0.0431. The molecule has 0 radical (unpaired) electrons. The summed E-state index contributed by atoms with van der Waals surface area (Å²) in [6, 6.07) is 9.10. The van der Waals surface area contributed by atoms with Crippen molar-refractivity contribution < 1.29 is 0 Å². The predicted molar refractivity (Wildman–Crippen MR) is 126 cm³/mol. The van der Waals surface area contributed by atoms with Crippen molar-refractivity contribution >= 4 is 10.9 Å². The molecule has 0 atom stereocenters. The lowest BCUT2D eigenvalue weighted by Gasteiger charge is -2.18. The van der Waals surface area contributed by atoms with Crippen molar-refractivity contribution in [1.82, 2.24) is 0 Å². The molecule has 0 nitrogen and oxygen atoms in total. The number of rotatable bonds is 5. The van der Waals surface area contributed by atoms with Crippen LogP contribution in [0, 0.1) is 10.8 Å². The minimum atomic E-state index is -0.0431. The second kappa shape index (κ2) is 9.64. The minimum Gasteiger partial charge on any atom is -0.0790 e. The second-order valence-electron chi connectivity index (χ2n) is 10.3. The van der Waals surface area contributed by atoms with Crippen molar-refractivity contribution in [2.75, 3.05) is 0 Å². The molecule has 0 N–H and O–H groups in total. The fraction of sp³-hybridized carbons (Fsp3) is 0.462. The monoisotopic (exact) mass is 383 g/mol. The van der Waals surface area contributed by atoms with Gasteiger partial charge in [0.2, 0.25) is 0 Å². The van der Waals surface area contributed by atoms with Crippen molar-refractivity contribution in [2.45, 2.75) is 72.6 Å². The van der Waals surface area contributed by atoms with E-state index in [2.05, 4.69) is 134 Å². The Morgan fingerprint density at radius 1 is 0.593 bits per heavy atom. The molecule has 0 aromatic heterocycles. The summed E-state index contributed by atoms with van der Waals surface area (Å²) in [6.07, 6.45) is 13.2. The number of hydrogen-bond donors (Lipinski definition) is 0. The normalized spacial score (nSPS) is 14.6. The van der Waals surface area contributed by atoms with Gasteiger partial charge in [-0.2, -0.15) is 0 Å². The van der Waals surface area contributed by atoms with Gasteiger partial charge in [0.25, 0.3) is 0 Å². The molecule has 0 unspecified atom stereocenters. The highest BCUT2D eigenvalue weighted by Crippen LogP contribution is 2.25. The average Bonchev–Trinajstić information content (AvgIpc) is 2.50. The van der Waals surface area contributed by atoms with E-state index in [4.69, 9.17) is 0 Å². The Balaban J connectivity index is 3.06. The van der Waals surface area contributed by atoms with Gasteiger partial charge in [0, 0.05) is 0 Å². The Morgan fingerprint density at radius 2 is 1.00 bits per heavy atom. The zero-order valence-corrected chi connectivity index (χ0v) is 19.7. The van der Waals surface area contributed by atoms with E-state index >= 15 is 0 Å². The fourth-order valence-electron chi connectivity index (χ4n) is 2.26. The van der Waals surface area contributed by atoms with Gasteiger partial charge >= 0.3 is 0 Å². The highest BCUT2D eigenvalue weighted by atomic mass is 32.2. The fourth-order valence-corrected chi connectivity index (χ4v) is 3.64. The molecule has 148 valence electrons. The Morgan fingerprint density at radius 3 is 1.33 bits per heavy atom. The number of benzene rings is 1. The lowest BCUT2D eigenvalue weighted by atomic mass is 9.87. The summed E-state index contributed by atoms with van der Waals surface area (Å²) in [5, 5.41) is 4.60. The summed E-state index contributed by atoms with van der Waals surface area (Å²) in [7, 11) is -0.0431. The largest absolute Gasteiger partial charge is 0.165 e. The van der Waals surface area contributed by atoms with E-state index in [9.17, 15) is 0 Å². The van der Waals surface area contributed by atoms with Crippen LogP contribution in [-0.4, -0.2) is 0 Å². The van der Waals surface area contributed by atoms with Crippen LogP contribution in [0.3, 0.4) is 0 Å². The van der Waals surface area contributed by atoms with Crippen LogP contribution in [0.1, 0.15) is 67.9 Å². The quantitative estimate of drug-likeness (QED) is 0.355. The molecule has 27 heavy (non-hydrogen) atoms. The smallest absolute Gasteiger partial charge is 0.0790 e. The molecule has 1 heteroatoms. The Hall–Kier alpha value is -1.47. The maximum Gasteiger partial charge on any atom is 0.165 e. The van der Waals surface area contributed by atoms with Crippen molar-refractivity contribution in [3.63, 3.8) is 0 Å². The molecule has 1 aromatic carbocycles. The Bertz CT molecular complexity index is 644. The first-order valence-corrected chi connectivity index (χ1v) is 11.2. The van der Waals surface area contributed by atoms with Crippen LogP contribution in [0.4, 0.5) is 0 Å². The van der Waals surface area contributed by atoms with E-state index in [1.807, 2.05) is 0 Å². The van der Waals surface area contributed by atoms with Crippen molar-refractivity contribution in [1.29, 1.82) is 0 Å². The standard InChI is InChI=1S/C26H39S/c1-24(2,3)18-10-12-20-27(21-13-11-19-25(4,5)6)23-16-14-22(15-17-23)26(7,8)9/h10-21H,1-9H3/q+1/b18-10+,19-11+,20-12+,21-13+. The third-order valence-corrected chi connectivity index (χ3v) is 5.57. The molecule has 0 fully saturated rings. The highest BCUT2D eigenvalue weighted by molar-refractivity contribution is 8.02. The number of allylic oxidation sites excluding steroid dienone is 6. The maximum atomic E-state index is 2.30. The molecule has 0 saturated carbocycles. The van der Waals surface area contributed by atoms with Crippen LogP contribution in [0.2, 0.25) is 0 Å². The van der Waals surface area contributed by atoms with E-state index in [1.54, 1.807) is 0 Å². The summed E-state index contributed by atoms with van der Waals surface area (Å²) < 4.78 is 0. The topological polar surface area (TPSA) is 0 Å². The van der Waals surface area contributed by atoms with Crippen molar-refractivity contribution in [3.8, 4) is 0 Å². The van der Waals surface area contributed by atoms with Crippen LogP contribution in [0.5, 0.6) is 0 Å². The first-order valence-electron chi connectivity index (χ1n) is 9.82. The SMILES string of the molecule is CC(C)(C)/C=C/C=C/[S+](/C=C/C=C/C(C)(C)C)c1ccc(C(C)(C)C)cc1. The molecule has 0 aliphatic heterocycles. The van der Waals surface area contributed by atoms with Crippen LogP contribution in [0.15, 0.2) is 76.4 Å². The van der Waals surface area contributed by atoms with Gasteiger partial charge in [0.1, 0.15) is 10.8 Å². The van der Waals surface area contributed by atoms with Crippen molar-refractivity contribution in [2.24, 2.45) is 10.8 Å². The van der Waals surface area contributed by atoms with Crippen LogP contribution < -0.4 is 0 Å². The van der Waals surface area contributed by atoms with E-state index in [0.29, 0.717) is 0 Å². The summed E-state index contributed by atoms with van der Waals surface area (Å²) >= 11 is 0. The van der Waals surface area contributed by atoms with Gasteiger partial charge in [-0.1, -0.05) is 98.8 Å². The molecule has 0 saturated heterocycles. The van der Waals surface area contributed by atoms with E-state index in [0.717, 1.165) is 0 Å². The van der Waals surface area contributed by atoms with Gasteiger partial charge in [-0.25, -0.2) is 0 Å². The maximum absolute atomic E-state index is 2.30. The molecule has 0 spiro atoms. The average molecular weight is 384 g/mol. The van der Waals surface area contributed by atoms with Crippen molar-refractivity contribution in [3.05, 3.63) is 77.1 Å². The molecule has 0 heterocycles. The molecular formula is C26H39S+. The molecule has 1 rings (SSSR count). The molecule has 0 bridgehead atoms. The summed E-state index contributed by atoms with van der Waals surface area (Å²) in [6.45, 7) is 20.1. The van der Waals surface area contributed by atoms with Crippen LogP contribution in [-0.2, 0) is 16.3 Å². The van der Waals surface area contributed by atoms with Gasteiger partial charge in [0.05, 0.1) is 10.9 Å². The van der Waals surface area contributed by atoms with E-state index < -0.39 is 0 Å². The van der Waals surface area contributed by atoms with E-state index in [-0.39, 0.29) is 27.1 Å². The summed E-state index contributed by atoms with van der Waals surface area (Å²) in [5.74, 6) is 0. The Labute approximate surface area is 171 Å². The third-order valence-electron chi connectivity index (χ3n) is 3.86. The zero-order valence-electron chi connectivity index (χ0n) is 18.8.